The van der Waals surface area contributed by atoms with Gasteiger partial charge in [-0.05, 0) is 19.1 Å². The van der Waals surface area contributed by atoms with Gasteiger partial charge >= 0.3 is 0 Å². The van der Waals surface area contributed by atoms with E-state index >= 15 is 0 Å². The van der Waals surface area contributed by atoms with Gasteiger partial charge in [-0.25, -0.2) is 4.98 Å². The highest BCUT2D eigenvalue weighted by Crippen LogP contribution is 2.24. The smallest absolute Gasteiger partial charge is 0.107 e. The molecule has 0 N–H and O–H groups in total. The first-order valence-electron chi connectivity index (χ1n) is 8.82. The van der Waals surface area contributed by atoms with Gasteiger partial charge in [0.05, 0.1) is 12.2 Å². The Kier molecular flexibility index (Phi) is 4.81. The van der Waals surface area contributed by atoms with Crippen molar-refractivity contribution in [3.05, 3.63) is 70.5 Å². The van der Waals surface area contributed by atoms with Gasteiger partial charge in [0.2, 0.25) is 0 Å². The van der Waals surface area contributed by atoms with E-state index in [9.17, 15) is 0 Å². The molecule has 2 heterocycles. The van der Waals surface area contributed by atoms with E-state index in [-0.39, 0.29) is 0 Å². The van der Waals surface area contributed by atoms with E-state index in [1.807, 2.05) is 0 Å². The molecule has 0 radical (unpaired) electrons. The van der Waals surface area contributed by atoms with Gasteiger partial charge in [-0.1, -0.05) is 48.0 Å². The molecule has 3 nitrogen and oxygen atoms in total. The van der Waals surface area contributed by atoms with Crippen LogP contribution in [0.1, 0.15) is 10.6 Å². The van der Waals surface area contributed by atoms with Gasteiger partial charge in [-0.2, -0.15) is 0 Å². The summed E-state index contributed by atoms with van der Waals surface area (Å²) >= 11 is 1.77. The zero-order valence-corrected chi connectivity index (χ0v) is 15.4. The van der Waals surface area contributed by atoms with Crippen molar-refractivity contribution in [2.75, 3.05) is 31.1 Å². The highest BCUT2D eigenvalue weighted by Gasteiger charge is 2.18. The summed E-state index contributed by atoms with van der Waals surface area (Å²) in [6, 6.07) is 19.3. The van der Waals surface area contributed by atoms with Gasteiger partial charge in [0, 0.05) is 42.8 Å². The summed E-state index contributed by atoms with van der Waals surface area (Å²) in [5, 5.41) is 3.39. The van der Waals surface area contributed by atoms with Gasteiger partial charge in [0.25, 0.3) is 0 Å². The maximum Gasteiger partial charge on any atom is 0.107 e. The van der Waals surface area contributed by atoms with Gasteiger partial charge in [-0.3, -0.25) is 4.90 Å². The summed E-state index contributed by atoms with van der Waals surface area (Å²) in [7, 11) is 0. The van der Waals surface area contributed by atoms with Crippen LogP contribution in [0, 0.1) is 6.92 Å². The van der Waals surface area contributed by atoms with E-state index in [4.69, 9.17) is 4.98 Å². The summed E-state index contributed by atoms with van der Waals surface area (Å²) in [5.41, 5.74) is 4.93. The number of anilines is 1. The molecule has 0 bridgehead atoms. The number of thiazole rings is 1. The maximum atomic E-state index is 4.84. The van der Waals surface area contributed by atoms with Crippen LogP contribution in [0.15, 0.2) is 60.0 Å². The summed E-state index contributed by atoms with van der Waals surface area (Å²) in [6.07, 6.45) is 0. The SMILES string of the molecule is Cc1ccc(-c2csc(CN3CCN(c4ccccc4)CC3)n2)cc1. The fraction of sp³-hybridized carbons (Fsp3) is 0.286. The van der Waals surface area contributed by atoms with Crippen molar-refractivity contribution < 1.29 is 0 Å². The first kappa shape index (κ1) is 16.3. The number of hydrogen-bond donors (Lipinski definition) is 0. The molecule has 4 rings (SSSR count). The van der Waals surface area contributed by atoms with Crippen molar-refractivity contribution in [3.63, 3.8) is 0 Å². The third-order valence-electron chi connectivity index (χ3n) is 4.75. The van der Waals surface area contributed by atoms with Crippen LogP contribution in [0.4, 0.5) is 5.69 Å². The molecule has 0 saturated carbocycles. The number of piperazine rings is 1. The standard InChI is InChI=1S/C21H23N3S/c1-17-7-9-18(10-8-17)20-16-25-21(22-20)15-23-11-13-24(14-12-23)19-5-3-2-4-6-19/h2-10,16H,11-15H2,1H3. The molecule has 4 heteroatoms. The molecular weight excluding hydrogens is 326 g/mol. The zero-order chi connectivity index (χ0) is 17.1. The average Bonchev–Trinajstić information content (AvgIpc) is 3.12. The van der Waals surface area contributed by atoms with E-state index in [0.29, 0.717) is 0 Å². The van der Waals surface area contributed by atoms with E-state index in [1.54, 1.807) is 11.3 Å². The van der Waals surface area contributed by atoms with Crippen LogP contribution >= 0.6 is 11.3 Å². The maximum absolute atomic E-state index is 4.84. The Morgan fingerprint density at radius 1 is 0.920 bits per heavy atom. The Morgan fingerprint density at radius 3 is 2.36 bits per heavy atom. The minimum Gasteiger partial charge on any atom is -0.369 e. The van der Waals surface area contributed by atoms with Crippen LogP contribution < -0.4 is 4.90 Å². The molecule has 1 aliphatic heterocycles. The largest absolute Gasteiger partial charge is 0.369 e. The lowest BCUT2D eigenvalue weighted by atomic mass is 10.1. The van der Waals surface area contributed by atoms with Crippen molar-refractivity contribution in [1.29, 1.82) is 0 Å². The molecule has 25 heavy (non-hydrogen) atoms. The molecule has 3 aromatic rings. The van der Waals surface area contributed by atoms with Crippen LogP contribution in [0.5, 0.6) is 0 Å². The first-order chi connectivity index (χ1) is 12.3. The predicted molar refractivity (Wildman–Crippen MR) is 106 cm³/mol. The molecule has 0 spiro atoms. The molecule has 128 valence electrons. The molecule has 2 aromatic carbocycles. The van der Waals surface area contributed by atoms with E-state index in [2.05, 4.69) is 76.7 Å². The van der Waals surface area contributed by atoms with Crippen molar-refractivity contribution in [2.45, 2.75) is 13.5 Å². The number of rotatable bonds is 4. The summed E-state index contributed by atoms with van der Waals surface area (Å²) in [4.78, 5) is 9.82. The first-order valence-corrected chi connectivity index (χ1v) is 9.70. The second kappa shape index (κ2) is 7.38. The topological polar surface area (TPSA) is 19.4 Å². The van der Waals surface area contributed by atoms with Crippen molar-refractivity contribution in [2.24, 2.45) is 0 Å². The predicted octanol–water partition coefficient (Wildman–Crippen LogP) is 4.44. The molecule has 0 unspecified atom stereocenters. The number of nitrogens with zero attached hydrogens (tertiary/aromatic N) is 3. The van der Waals surface area contributed by atoms with Crippen LogP contribution in [0.2, 0.25) is 0 Å². The van der Waals surface area contributed by atoms with Gasteiger partial charge < -0.3 is 4.90 Å². The monoisotopic (exact) mass is 349 g/mol. The summed E-state index contributed by atoms with van der Waals surface area (Å²) < 4.78 is 0. The number of aryl methyl sites for hydroxylation is 1. The Bertz CT molecular complexity index is 803. The molecule has 1 saturated heterocycles. The second-order valence-corrected chi connectivity index (χ2v) is 7.53. The van der Waals surface area contributed by atoms with E-state index in [1.165, 1.54) is 21.8 Å². The summed E-state index contributed by atoms with van der Waals surface area (Å²) in [5.74, 6) is 0. The number of hydrogen-bond acceptors (Lipinski definition) is 4. The lowest BCUT2D eigenvalue weighted by Crippen LogP contribution is -2.45. The molecule has 0 atom stereocenters. The van der Waals surface area contributed by atoms with Crippen LogP contribution in [-0.2, 0) is 6.54 Å². The lowest BCUT2D eigenvalue weighted by molar-refractivity contribution is 0.249. The van der Waals surface area contributed by atoms with E-state index in [0.717, 1.165) is 38.4 Å². The van der Waals surface area contributed by atoms with Gasteiger partial charge in [0.1, 0.15) is 5.01 Å². The zero-order valence-electron chi connectivity index (χ0n) is 14.6. The third kappa shape index (κ3) is 3.91. The van der Waals surface area contributed by atoms with Crippen molar-refractivity contribution >= 4 is 17.0 Å². The van der Waals surface area contributed by atoms with Crippen LogP contribution in [0.3, 0.4) is 0 Å². The normalized spacial score (nSPS) is 15.5. The van der Waals surface area contributed by atoms with Crippen molar-refractivity contribution in [3.8, 4) is 11.3 Å². The average molecular weight is 350 g/mol. The minimum atomic E-state index is 0.957. The van der Waals surface area contributed by atoms with Crippen molar-refractivity contribution in [1.82, 2.24) is 9.88 Å². The van der Waals surface area contributed by atoms with Gasteiger partial charge in [-0.15, -0.1) is 11.3 Å². The van der Waals surface area contributed by atoms with E-state index < -0.39 is 0 Å². The molecule has 1 aliphatic rings. The quantitative estimate of drug-likeness (QED) is 0.694. The highest BCUT2D eigenvalue weighted by molar-refractivity contribution is 7.09. The minimum absolute atomic E-state index is 0.957. The molecule has 1 aromatic heterocycles. The molecule has 0 amide bonds. The molecular formula is C21H23N3S. The second-order valence-electron chi connectivity index (χ2n) is 6.59. The Hall–Kier alpha value is -2.17. The number of benzene rings is 2. The fourth-order valence-corrected chi connectivity index (χ4v) is 4.08. The Labute approximate surface area is 153 Å². The molecule has 0 aliphatic carbocycles. The molecule has 1 fully saturated rings. The number of para-hydroxylation sites is 1. The number of aromatic nitrogens is 1. The van der Waals surface area contributed by atoms with Crippen LogP contribution in [0.25, 0.3) is 11.3 Å². The lowest BCUT2D eigenvalue weighted by Gasteiger charge is -2.35. The Balaban J connectivity index is 1.35. The Morgan fingerprint density at radius 2 is 1.64 bits per heavy atom. The fourth-order valence-electron chi connectivity index (χ4n) is 3.23. The van der Waals surface area contributed by atoms with Gasteiger partial charge in [0.15, 0.2) is 0 Å². The third-order valence-corrected chi connectivity index (χ3v) is 5.59. The summed E-state index contributed by atoms with van der Waals surface area (Å²) in [6.45, 7) is 7.42. The highest BCUT2D eigenvalue weighted by atomic mass is 32.1. The van der Waals surface area contributed by atoms with Crippen LogP contribution in [-0.4, -0.2) is 36.1 Å².